The highest BCUT2D eigenvalue weighted by atomic mass is 35.5. The van der Waals surface area contributed by atoms with Crippen molar-refractivity contribution in [1.29, 1.82) is 0 Å². The molecule has 128 valence electrons. The van der Waals surface area contributed by atoms with Crippen LogP contribution in [0.5, 0.6) is 0 Å². The molecule has 7 nitrogen and oxygen atoms in total. The highest BCUT2D eigenvalue weighted by Crippen LogP contribution is 2.28. The van der Waals surface area contributed by atoms with Gasteiger partial charge in [0.2, 0.25) is 0 Å². The number of fused-ring (bicyclic) bond motifs is 1. The van der Waals surface area contributed by atoms with Crippen LogP contribution >= 0.6 is 11.6 Å². The quantitative estimate of drug-likeness (QED) is 0.757. The molecule has 0 fully saturated rings. The monoisotopic (exact) mass is 379 g/mol. The first-order valence-corrected chi connectivity index (χ1v) is 9.17. The molecule has 2 amide bonds. The first-order chi connectivity index (χ1) is 11.7. The lowest BCUT2D eigenvalue weighted by Crippen LogP contribution is -2.33. The summed E-state index contributed by atoms with van der Waals surface area (Å²) < 4.78 is 23.7. The summed E-state index contributed by atoms with van der Waals surface area (Å²) in [5, 5.41) is 0.118. The van der Waals surface area contributed by atoms with Crippen molar-refractivity contribution in [2.45, 2.75) is 4.90 Å². The van der Waals surface area contributed by atoms with E-state index in [4.69, 9.17) is 16.4 Å². The maximum atomic E-state index is 12.4. The van der Waals surface area contributed by atoms with Crippen LogP contribution in [0.4, 0.5) is 0 Å². The van der Waals surface area contributed by atoms with Gasteiger partial charge in [0.25, 0.3) is 11.8 Å². The average Bonchev–Trinajstić information content (AvgIpc) is 2.79. The number of hydrogen-bond acceptors (Lipinski definition) is 6. The summed E-state index contributed by atoms with van der Waals surface area (Å²) in [6, 6.07) is 9.80. The van der Waals surface area contributed by atoms with E-state index in [-0.39, 0.29) is 21.0 Å². The van der Waals surface area contributed by atoms with Crippen molar-refractivity contribution < 1.29 is 27.6 Å². The zero-order valence-electron chi connectivity index (χ0n) is 12.7. The molecule has 0 unspecified atom stereocenters. The van der Waals surface area contributed by atoms with Gasteiger partial charge in [-0.15, -0.1) is 0 Å². The van der Waals surface area contributed by atoms with Gasteiger partial charge in [-0.1, -0.05) is 34.9 Å². The van der Waals surface area contributed by atoms with Crippen molar-refractivity contribution in [2.75, 3.05) is 6.26 Å². The van der Waals surface area contributed by atoms with Gasteiger partial charge >= 0.3 is 5.97 Å². The molecule has 3 rings (SSSR count). The summed E-state index contributed by atoms with van der Waals surface area (Å²) in [6.45, 7) is 0. The van der Waals surface area contributed by atoms with Gasteiger partial charge in [-0.3, -0.25) is 9.59 Å². The zero-order chi connectivity index (χ0) is 18.4. The van der Waals surface area contributed by atoms with Crippen LogP contribution in [0.2, 0.25) is 5.02 Å². The summed E-state index contributed by atoms with van der Waals surface area (Å²) in [5.41, 5.74) is -0.270. The summed E-state index contributed by atoms with van der Waals surface area (Å²) in [5.74, 6) is -2.86. The lowest BCUT2D eigenvalue weighted by molar-refractivity contribution is -0.0586. The third kappa shape index (κ3) is 2.90. The van der Waals surface area contributed by atoms with Crippen molar-refractivity contribution in [1.82, 2.24) is 5.06 Å². The SMILES string of the molecule is CS(=O)(=O)c1cccc(Cl)c1C(=O)ON1C(=O)c2ccccc2C1=O. The molecular formula is C16H10ClNO6S. The minimum atomic E-state index is -3.79. The third-order valence-electron chi connectivity index (χ3n) is 3.51. The number of sulfone groups is 1. The fraction of sp³-hybridized carbons (Fsp3) is 0.0625. The second-order valence-corrected chi connectivity index (χ2v) is 7.61. The van der Waals surface area contributed by atoms with E-state index >= 15 is 0 Å². The van der Waals surface area contributed by atoms with Gasteiger partial charge < -0.3 is 4.84 Å². The molecule has 0 bridgehead atoms. The first-order valence-electron chi connectivity index (χ1n) is 6.90. The van der Waals surface area contributed by atoms with Crippen molar-refractivity contribution in [3.8, 4) is 0 Å². The number of imide groups is 1. The van der Waals surface area contributed by atoms with Gasteiger partial charge in [0.1, 0.15) is 0 Å². The summed E-state index contributed by atoms with van der Waals surface area (Å²) in [6.07, 6.45) is 0.900. The molecule has 0 spiro atoms. The lowest BCUT2D eigenvalue weighted by atomic mass is 10.1. The Morgan fingerprint density at radius 1 is 1.00 bits per heavy atom. The maximum Gasteiger partial charge on any atom is 0.366 e. The molecule has 2 aromatic rings. The van der Waals surface area contributed by atoms with E-state index in [2.05, 4.69) is 0 Å². The topological polar surface area (TPSA) is 97.8 Å². The normalized spacial score (nSPS) is 13.8. The number of carbonyl (C=O) groups excluding carboxylic acids is 3. The minimum Gasteiger partial charge on any atom is -0.324 e. The van der Waals surface area contributed by atoms with E-state index in [1.807, 2.05) is 0 Å². The second kappa shape index (κ2) is 5.98. The molecule has 0 saturated heterocycles. The Morgan fingerprint density at radius 2 is 1.56 bits per heavy atom. The first kappa shape index (κ1) is 17.1. The number of amides is 2. The van der Waals surface area contributed by atoms with E-state index < -0.39 is 33.2 Å². The summed E-state index contributed by atoms with van der Waals surface area (Å²) in [4.78, 5) is 41.4. The van der Waals surface area contributed by atoms with E-state index in [1.165, 1.54) is 30.3 Å². The average molecular weight is 380 g/mol. The minimum absolute atomic E-state index is 0.0859. The summed E-state index contributed by atoms with van der Waals surface area (Å²) in [7, 11) is -3.79. The van der Waals surface area contributed by atoms with Crippen molar-refractivity contribution in [3.05, 3.63) is 64.2 Å². The van der Waals surface area contributed by atoms with Crippen LogP contribution in [0.25, 0.3) is 0 Å². The van der Waals surface area contributed by atoms with Gasteiger partial charge in [0, 0.05) is 6.26 Å². The zero-order valence-corrected chi connectivity index (χ0v) is 14.3. The van der Waals surface area contributed by atoms with Gasteiger partial charge in [-0.2, -0.15) is 0 Å². The molecule has 0 radical (unpaired) electrons. The summed E-state index contributed by atoms with van der Waals surface area (Å²) >= 11 is 5.92. The Morgan fingerprint density at radius 3 is 2.08 bits per heavy atom. The van der Waals surface area contributed by atoms with Crippen molar-refractivity contribution in [3.63, 3.8) is 0 Å². The van der Waals surface area contributed by atoms with Crippen LogP contribution in [0, 0.1) is 0 Å². The van der Waals surface area contributed by atoms with E-state index in [1.54, 1.807) is 12.1 Å². The number of hydrogen-bond donors (Lipinski definition) is 0. The molecule has 0 atom stereocenters. The highest BCUT2D eigenvalue weighted by Gasteiger charge is 2.39. The number of hydroxylamine groups is 2. The Kier molecular flexibility index (Phi) is 4.09. The number of rotatable bonds is 3. The predicted molar refractivity (Wildman–Crippen MR) is 86.9 cm³/mol. The molecule has 0 saturated carbocycles. The molecule has 9 heteroatoms. The molecule has 25 heavy (non-hydrogen) atoms. The molecule has 0 aliphatic carbocycles. The molecule has 1 aliphatic rings. The molecule has 1 aliphatic heterocycles. The number of benzene rings is 2. The van der Waals surface area contributed by atoms with Gasteiger partial charge in [-0.05, 0) is 24.3 Å². The van der Waals surface area contributed by atoms with Crippen molar-refractivity contribution >= 4 is 39.2 Å². The van der Waals surface area contributed by atoms with E-state index in [9.17, 15) is 22.8 Å². The largest absolute Gasteiger partial charge is 0.366 e. The van der Waals surface area contributed by atoms with E-state index in [0.29, 0.717) is 5.06 Å². The van der Waals surface area contributed by atoms with Crippen LogP contribution in [-0.2, 0) is 14.7 Å². The third-order valence-corrected chi connectivity index (χ3v) is 4.96. The fourth-order valence-corrected chi connectivity index (χ4v) is 3.59. The smallest absolute Gasteiger partial charge is 0.324 e. The Hall–Kier alpha value is -2.71. The van der Waals surface area contributed by atoms with Crippen molar-refractivity contribution in [2.24, 2.45) is 0 Å². The van der Waals surface area contributed by atoms with Gasteiger partial charge in [0.05, 0.1) is 26.6 Å². The van der Waals surface area contributed by atoms with Crippen LogP contribution in [-0.4, -0.2) is 37.5 Å². The van der Waals surface area contributed by atoms with Gasteiger partial charge in [-0.25, -0.2) is 13.2 Å². The molecule has 0 aromatic heterocycles. The number of nitrogens with zero attached hydrogens (tertiary/aromatic N) is 1. The molecule has 0 N–H and O–H groups in total. The second-order valence-electron chi connectivity index (χ2n) is 5.21. The van der Waals surface area contributed by atoms with Crippen LogP contribution < -0.4 is 0 Å². The number of halogens is 1. The molecular weight excluding hydrogens is 370 g/mol. The Balaban J connectivity index is 1.98. The predicted octanol–water partition coefficient (Wildman–Crippen LogP) is 2.11. The van der Waals surface area contributed by atoms with Crippen LogP contribution in [0.3, 0.4) is 0 Å². The van der Waals surface area contributed by atoms with Crippen LogP contribution in [0.15, 0.2) is 47.4 Å². The Bertz CT molecular complexity index is 996. The maximum absolute atomic E-state index is 12.4. The standard InChI is InChI=1S/C16H10ClNO6S/c1-25(22,23)12-8-4-7-11(17)13(12)16(21)24-18-14(19)9-5-2-3-6-10(9)15(18)20/h2-8H,1H3. The molecule has 1 heterocycles. The van der Waals surface area contributed by atoms with Gasteiger partial charge in [0.15, 0.2) is 9.84 Å². The highest BCUT2D eigenvalue weighted by molar-refractivity contribution is 7.90. The fourth-order valence-electron chi connectivity index (χ4n) is 2.39. The van der Waals surface area contributed by atoms with Crippen LogP contribution in [0.1, 0.15) is 31.1 Å². The number of carbonyl (C=O) groups is 3. The molecule has 2 aromatic carbocycles. The Labute approximate surface area is 147 Å². The van der Waals surface area contributed by atoms with E-state index in [0.717, 1.165) is 6.26 Å². The lowest BCUT2D eigenvalue weighted by Gasteiger charge is -2.14.